The summed E-state index contributed by atoms with van der Waals surface area (Å²) < 4.78 is 0. The van der Waals surface area contributed by atoms with Crippen LogP contribution in [0.1, 0.15) is 34.1 Å². The van der Waals surface area contributed by atoms with E-state index in [1.807, 2.05) is 27.7 Å². The summed E-state index contributed by atoms with van der Waals surface area (Å²) in [5.74, 6) is 0.397. The summed E-state index contributed by atoms with van der Waals surface area (Å²) in [6, 6.07) is 0.173. The Labute approximate surface area is 80.2 Å². The zero-order valence-corrected chi connectivity index (χ0v) is 8.96. The van der Waals surface area contributed by atoms with Gasteiger partial charge in [-0.3, -0.25) is 4.99 Å². The lowest BCUT2D eigenvalue weighted by molar-refractivity contribution is 0.188. The molecular formula is C9H21N3O. The summed E-state index contributed by atoms with van der Waals surface area (Å²) in [5, 5.41) is 12.1. The molecule has 4 N–H and O–H groups in total. The van der Waals surface area contributed by atoms with Crippen molar-refractivity contribution < 1.29 is 5.11 Å². The van der Waals surface area contributed by atoms with E-state index in [2.05, 4.69) is 10.3 Å². The van der Waals surface area contributed by atoms with Crippen molar-refractivity contribution in [2.45, 2.75) is 45.7 Å². The van der Waals surface area contributed by atoms with Gasteiger partial charge in [0.15, 0.2) is 5.96 Å². The number of nitrogens with two attached hydrogens (primary N) is 1. The van der Waals surface area contributed by atoms with Gasteiger partial charge < -0.3 is 16.2 Å². The Morgan fingerprint density at radius 3 is 2.46 bits per heavy atom. The highest BCUT2D eigenvalue weighted by Crippen LogP contribution is 2.06. The van der Waals surface area contributed by atoms with Gasteiger partial charge in [-0.15, -0.1) is 0 Å². The number of nitrogens with one attached hydrogen (secondary N) is 1. The molecule has 0 amide bonds. The van der Waals surface area contributed by atoms with Gasteiger partial charge in [0, 0.05) is 6.04 Å². The molecule has 0 rings (SSSR count). The maximum absolute atomic E-state index is 9.10. The third-order valence-electron chi connectivity index (χ3n) is 1.96. The van der Waals surface area contributed by atoms with Crippen LogP contribution in [-0.4, -0.2) is 29.3 Å². The largest absolute Gasteiger partial charge is 0.394 e. The van der Waals surface area contributed by atoms with Crippen LogP contribution in [0, 0.1) is 0 Å². The number of nitrogens with zero attached hydrogens (tertiary/aromatic N) is 1. The highest BCUT2D eigenvalue weighted by atomic mass is 16.3. The maximum Gasteiger partial charge on any atom is 0.189 e. The van der Waals surface area contributed by atoms with E-state index in [0.29, 0.717) is 5.96 Å². The van der Waals surface area contributed by atoms with Crippen molar-refractivity contribution in [2.75, 3.05) is 6.61 Å². The van der Waals surface area contributed by atoms with E-state index >= 15 is 0 Å². The van der Waals surface area contributed by atoms with Crippen molar-refractivity contribution in [1.82, 2.24) is 5.32 Å². The maximum atomic E-state index is 9.10. The predicted molar refractivity (Wildman–Crippen MR) is 55.7 cm³/mol. The number of guanidine groups is 1. The van der Waals surface area contributed by atoms with Crippen LogP contribution in [0.5, 0.6) is 0 Å². The Balaban J connectivity index is 4.24. The predicted octanol–water partition coefficient (Wildman–Crippen LogP) is 0.460. The van der Waals surface area contributed by atoms with Crippen molar-refractivity contribution >= 4 is 5.96 Å². The lowest BCUT2D eigenvalue weighted by atomic mass is 10.0. The molecule has 1 unspecified atom stereocenters. The first-order valence-electron chi connectivity index (χ1n) is 4.66. The SMILES string of the molecule is CCC(C)(CO)NC(N)=NC(C)C. The third kappa shape index (κ3) is 4.72. The van der Waals surface area contributed by atoms with Gasteiger partial charge >= 0.3 is 0 Å². The van der Waals surface area contributed by atoms with Crippen molar-refractivity contribution in [3.63, 3.8) is 0 Å². The van der Waals surface area contributed by atoms with Gasteiger partial charge in [-0.25, -0.2) is 0 Å². The molecule has 0 fully saturated rings. The Kier molecular flexibility index (Phi) is 4.77. The minimum atomic E-state index is -0.359. The minimum absolute atomic E-state index is 0.0534. The molecule has 0 heterocycles. The first-order valence-corrected chi connectivity index (χ1v) is 4.66. The van der Waals surface area contributed by atoms with Gasteiger partial charge in [0.1, 0.15) is 0 Å². The zero-order chi connectivity index (χ0) is 10.5. The number of aliphatic hydroxyl groups excluding tert-OH is 1. The Bertz CT molecular complexity index is 174. The number of hydrogen-bond acceptors (Lipinski definition) is 2. The summed E-state index contributed by atoms with van der Waals surface area (Å²) in [7, 11) is 0. The molecule has 0 aromatic heterocycles. The van der Waals surface area contributed by atoms with E-state index in [4.69, 9.17) is 10.8 Å². The van der Waals surface area contributed by atoms with E-state index in [1.54, 1.807) is 0 Å². The van der Waals surface area contributed by atoms with Crippen molar-refractivity contribution in [1.29, 1.82) is 0 Å². The van der Waals surface area contributed by atoms with Gasteiger partial charge in [0.25, 0.3) is 0 Å². The molecule has 0 aliphatic rings. The monoisotopic (exact) mass is 187 g/mol. The van der Waals surface area contributed by atoms with Crippen LogP contribution in [0.4, 0.5) is 0 Å². The van der Waals surface area contributed by atoms with Gasteiger partial charge in [-0.05, 0) is 27.2 Å². The van der Waals surface area contributed by atoms with Crippen molar-refractivity contribution in [3.8, 4) is 0 Å². The second kappa shape index (κ2) is 5.07. The van der Waals surface area contributed by atoms with Crippen LogP contribution < -0.4 is 11.1 Å². The summed E-state index contributed by atoms with van der Waals surface area (Å²) in [6.07, 6.45) is 0.803. The fourth-order valence-corrected chi connectivity index (χ4v) is 0.859. The lowest BCUT2D eigenvalue weighted by Crippen LogP contribution is -2.51. The van der Waals surface area contributed by atoms with Gasteiger partial charge in [0.05, 0.1) is 12.1 Å². The van der Waals surface area contributed by atoms with Crippen LogP contribution in [0.25, 0.3) is 0 Å². The van der Waals surface area contributed by atoms with Crippen LogP contribution in [0.15, 0.2) is 4.99 Å². The van der Waals surface area contributed by atoms with E-state index in [0.717, 1.165) is 6.42 Å². The van der Waals surface area contributed by atoms with E-state index in [-0.39, 0.29) is 18.2 Å². The first kappa shape index (κ1) is 12.2. The molecule has 0 spiro atoms. The molecule has 0 saturated carbocycles. The van der Waals surface area contributed by atoms with Gasteiger partial charge in [-0.2, -0.15) is 0 Å². The molecule has 0 radical (unpaired) electrons. The molecule has 13 heavy (non-hydrogen) atoms. The lowest BCUT2D eigenvalue weighted by Gasteiger charge is -2.27. The zero-order valence-electron chi connectivity index (χ0n) is 8.96. The molecule has 0 aliphatic heterocycles. The molecule has 0 aliphatic carbocycles. The average Bonchev–Trinajstić information content (AvgIpc) is 2.02. The van der Waals surface area contributed by atoms with Crippen LogP contribution >= 0.6 is 0 Å². The van der Waals surface area contributed by atoms with E-state index in [9.17, 15) is 0 Å². The van der Waals surface area contributed by atoms with Crippen molar-refractivity contribution in [3.05, 3.63) is 0 Å². The average molecular weight is 187 g/mol. The van der Waals surface area contributed by atoms with E-state index in [1.165, 1.54) is 0 Å². The van der Waals surface area contributed by atoms with Crippen LogP contribution in [-0.2, 0) is 0 Å². The molecule has 4 nitrogen and oxygen atoms in total. The number of rotatable bonds is 4. The highest BCUT2D eigenvalue weighted by molar-refractivity contribution is 5.78. The molecular weight excluding hydrogens is 166 g/mol. The highest BCUT2D eigenvalue weighted by Gasteiger charge is 2.20. The third-order valence-corrected chi connectivity index (χ3v) is 1.96. The molecule has 0 bridgehead atoms. The second-order valence-electron chi connectivity index (χ2n) is 3.81. The summed E-state index contributed by atoms with van der Waals surface area (Å²) in [4.78, 5) is 4.13. The smallest absolute Gasteiger partial charge is 0.189 e. The molecule has 0 aromatic rings. The Morgan fingerprint density at radius 1 is 1.62 bits per heavy atom. The topological polar surface area (TPSA) is 70.6 Å². The normalized spacial score (nSPS) is 17.2. The summed E-state index contributed by atoms with van der Waals surface area (Å²) >= 11 is 0. The summed E-state index contributed by atoms with van der Waals surface area (Å²) in [6.45, 7) is 7.87. The molecule has 4 heteroatoms. The molecule has 78 valence electrons. The standard InChI is InChI=1S/C9H21N3O/c1-5-9(4,6-13)12-8(10)11-7(2)3/h7,13H,5-6H2,1-4H3,(H3,10,11,12). The van der Waals surface area contributed by atoms with Gasteiger partial charge in [0.2, 0.25) is 0 Å². The second-order valence-corrected chi connectivity index (χ2v) is 3.81. The molecule has 1 atom stereocenters. The molecule has 0 aromatic carbocycles. The number of hydrogen-bond donors (Lipinski definition) is 3. The van der Waals surface area contributed by atoms with Crippen LogP contribution in [0.2, 0.25) is 0 Å². The number of aliphatic imine (C=N–C) groups is 1. The quantitative estimate of drug-likeness (QED) is 0.442. The fourth-order valence-electron chi connectivity index (χ4n) is 0.859. The Hall–Kier alpha value is -0.770. The van der Waals surface area contributed by atoms with Gasteiger partial charge in [-0.1, -0.05) is 6.92 Å². The minimum Gasteiger partial charge on any atom is -0.394 e. The first-order chi connectivity index (χ1) is 5.93. The molecule has 0 saturated heterocycles. The fraction of sp³-hybridized carbons (Fsp3) is 0.889. The van der Waals surface area contributed by atoms with E-state index < -0.39 is 0 Å². The van der Waals surface area contributed by atoms with Crippen molar-refractivity contribution in [2.24, 2.45) is 10.7 Å². The number of aliphatic hydroxyl groups is 1. The van der Waals surface area contributed by atoms with Crippen LogP contribution in [0.3, 0.4) is 0 Å². The summed E-state index contributed by atoms with van der Waals surface area (Å²) in [5.41, 5.74) is 5.28. The Morgan fingerprint density at radius 2 is 2.15 bits per heavy atom.